The lowest BCUT2D eigenvalue weighted by molar-refractivity contribution is -0.138. The van der Waals surface area contributed by atoms with Gasteiger partial charge in [-0.05, 0) is 31.5 Å². The molecule has 0 aliphatic carbocycles. The van der Waals surface area contributed by atoms with E-state index in [-0.39, 0.29) is 18.0 Å². The van der Waals surface area contributed by atoms with Crippen molar-refractivity contribution in [1.82, 2.24) is 0 Å². The van der Waals surface area contributed by atoms with Gasteiger partial charge >= 0.3 is 6.18 Å². The molecule has 1 rings (SSSR count). The lowest BCUT2D eigenvalue weighted by atomic mass is 10.1. The molecular weight excluding hydrogens is 229 g/mol. The Labute approximate surface area is 98.1 Å². The van der Waals surface area contributed by atoms with Crippen LogP contribution in [0.2, 0.25) is 0 Å². The SMILES string of the molecule is Cc1ccc(NC(C)CC#N)cc1C(F)(F)F. The fraction of sp³-hybridized carbons (Fsp3) is 0.417. The first-order valence-electron chi connectivity index (χ1n) is 5.16. The maximum absolute atomic E-state index is 12.6. The normalized spacial score (nSPS) is 12.9. The number of alkyl halides is 3. The quantitative estimate of drug-likeness (QED) is 0.876. The van der Waals surface area contributed by atoms with Gasteiger partial charge in [-0.2, -0.15) is 18.4 Å². The third kappa shape index (κ3) is 3.66. The standard InChI is InChI=1S/C12H13F3N2/c1-8-3-4-10(17-9(2)5-6-16)7-11(8)12(13,14)15/h3-4,7,9,17H,5H2,1-2H3. The van der Waals surface area contributed by atoms with E-state index in [9.17, 15) is 13.2 Å². The van der Waals surface area contributed by atoms with Gasteiger partial charge in [0.15, 0.2) is 0 Å². The van der Waals surface area contributed by atoms with Crippen molar-refractivity contribution in [2.75, 3.05) is 5.32 Å². The second-order valence-corrected chi connectivity index (χ2v) is 3.94. The summed E-state index contributed by atoms with van der Waals surface area (Å²) in [4.78, 5) is 0. The van der Waals surface area contributed by atoms with Crippen LogP contribution in [0.3, 0.4) is 0 Å². The largest absolute Gasteiger partial charge is 0.416 e. The van der Waals surface area contributed by atoms with Gasteiger partial charge in [0, 0.05) is 11.7 Å². The average Bonchev–Trinajstić information content (AvgIpc) is 2.19. The summed E-state index contributed by atoms with van der Waals surface area (Å²) < 4.78 is 37.9. The van der Waals surface area contributed by atoms with E-state index in [1.807, 2.05) is 6.07 Å². The Kier molecular flexibility index (Phi) is 4.00. The van der Waals surface area contributed by atoms with Crippen molar-refractivity contribution < 1.29 is 13.2 Å². The number of aryl methyl sites for hydroxylation is 1. The lowest BCUT2D eigenvalue weighted by Crippen LogP contribution is -2.15. The van der Waals surface area contributed by atoms with Crippen LogP contribution in [0.1, 0.15) is 24.5 Å². The number of anilines is 1. The first-order valence-corrected chi connectivity index (χ1v) is 5.16. The van der Waals surface area contributed by atoms with Crippen LogP contribution in [0.25, 0.3) is 0 Å². The van der Waals surface area contributed by atoms with Gasteiger partial charge in [0.05, 0.1) is 18.1 Å². The van der Waals surface area contributed by atoms with E-state index in [2.05, 4.69) is 5.32 Å². The number of rotatable bonds is 3. The van der Waals surface area contributed by atoms with Crippen LogP contribution in [0.4, 0.5) is 18.9 Å². The molecule has 0 spiro atoms. The van der Waals surface area contributed by atoms with E-state index in [0.717, 1.165) is 6.07 Å². The van der Waals surface area contributed by atoms with Crippen LogP contribution in [-0.4, -0.2) is 6.04 Å². The number of nitrogens with one attached hydrogen (secondary N) is 1. The number of nitrogens with zero attached hydrogens (tertiary/aromatic N) is 1. The fourth-order valence-electron chi connectivity index (χ4n) is 1.49. The van der Waals surface area contributed by atoms with Crippen LogP contribution in [-0.2, 0) is 6.18 Å². The van der Waals surface area contributed by atoms with Crippen LogP contribution < -0.4 is 5.32 Å². The predicted molar refractivity (Wildman–Crippen MR) is 59.5 cm³/mol. The number of hydrogen-bond acceptors (Lipinski definition) is 2. The molecule has 0 amide bonds. The summed E-state index contributed by atoms with van der Waals surface area (Å²) in [7, 11) is 0. The molecule has 5 heteroatoms. The predicted octanol–water partition coefficient (Wildman–Crippen LogP) is 3.73. The summed E-state index contributed by atoms with van der Waals surface area (Å²) in [6.45, 7) is 3.17. The lowest BCUT2D eigenvalue weighted by Gasteiger charge is -2.15. The Bertz CT molecular complexity index is 432. The summed E-state index contributed by atoms with van der Waals surface area (Å²) in [6, 6.07) is 5.86. The first-order chi connectivity index (χ1) is 7.84. The minimum atomic E-state index is -4.35. The molecule has 0 aromatic heterocycles. The highest BCUT2D eigenvalue weighted by Gasteiger charge is 2.32. The molecule has 0 saturated heterocycles. The van der Waals surface area contributed by atoms with Gasteiger partial charge in [-0.3, -0.25) is 0 Å². The molecule has 0 aliphatic heterocycles. The van der Waals surface area contributed by atoms with Gasteiger partial charge in [-0.15, -0.1) is 0 Å². The average molecular weight is 242 g/mol. The maximum atomic E-state index is 12.6. The second kappa shape index (κ2) is 5.09. The van der Waals surface area contributed by atoms with Crippen molar-refractivity contribution in [3.8, 4) is 6.07 Å². The monoisotopic (exact) mass is 242 g/mol. The fourth-order valence-corrected chi connectivity index (χ4v) is 1.49. The molecule has 1 atom stereocenters. The summed E-state index contributed by atoms with van der Waals surface area (Å²) >= 11 is 0. The molecule has 1 N–H and O–H groups in total. The molecule has 0 bridgehead atoms. The van der Waals surface area contributed by atoms with Crippen LogP contribution in [0.15, 0.2) is 18.2 Å². The van der Waals surface area contributed by atoms with Gasteiger partial charge in [0.1, 0.15) is 0 Å². The molecule has 17 heavy (non-hydrogen) atoms. The van der Waals surface area contributed by atoms with Crippen LogP contribution in [0.5, 0.6) is 0 Å². The molecule has 2 nitrogen and oxygen atoms in total. The van der Waals surface area contributed by atoms with Crippen molar-refractivity contribution in [2.45, 2.75) is 32.5 Å². The number of halogens is 3. The Hall–Kier alpha value is -1.70. The minimum absolute atomic E-state index is 0.177. The molecule has 0 radical (unpaired) electrons. The van der Waals surface area contributed by atoms with E-state index in [1.165, 1.54) is 13.0 Å². The number of hydrogen-bond donors (Lipinski definition) is 1. The Balaban J connectivity index is 2.94. The minimum Gasteiger partial charge on any atom is -0.382 e. The van der Waals surface area contributed by atoms with Gasteiger partial charge in [0.25, 0.3) is 0 Å². The van der Waals surface area contributed by atoms with Crippen LogP contribution in [0, 0.1) is 18.3 Å². The van der Waals surface area contributed by atoms with E-state index < -0.39 is 11.7 Å². The van der Waals surface area contributed by atoms with Gasteiger partial charge in [-0.1, -0.05) is 6.07 Å². The van der Waals surface area contributed by atoms with Crippen molar-refractivity contribution in [3.05, 3.63) is 29.3 Å². The molecule has 92 valence electrons. The summed E-state index contributed by atoms with van der Waals surface area (Å²) in [5.41, 5.74) is -0.0756. The molecule has 0 saturated carbocycles. The van der Waals surface area contributed by atoms with Gasteiger partial charge in [-0.25, -0.2) is 0 Å². The van der Waals surface area contributed by atoms with E-state index in [4.69, 9.17) is 5.26 Å². The molecular formula is C12H13F3N2. The van der Waals surface area contributed by atoms with Gasteiger partial charge in [0.2, 0.25) is 0 Å². The highest BCUT2D eigenvalue weighted by molar-refractivity contribution is 5.50. The van der Waals surface area contributed by atoms with Crippen molar-refractivity contribution >= 4 is 5.69 Å². The highest BCUT2D eigenvalue weighted by Crippen LogP contribution is 2.33. The number of nitriles is 1. The summed E-state index contributed by atoms with van der Waals surface area (Å²) in [6.07, 6.45) is -4.10. The topological polar surface area (TPSA) is 35.8 Å². The molecule has 1 aromatic carbocycles. The summed E-state index contributed by atoms with van der Waals surface area (Å²) in [5.74, 6) is 0. The smallest absolute Gasteiger partial charge is 0.382 e. The Morgan fingerprint density at radius 1 is 1.41 bits per heavy atom. The zero-order chi connectivity index (χ0) is 13.1. The summed E-state index contributed by atoms with van der Waals surface area (Å²) in [5, 5.41) is 11.3. The van der Waals surface area contributed by atoms with Crippen molar-refractivity contribution in [1.29, 1.82) is 5.26 Å². The highest BCUT2D eigenvalue weighted by atomic mass is 19.4. The van der Waals surface area contributed by atoms with E-state index in [1.54, 1.807) is 13.0 Å². The second-order valence-electron chi connectivity index (χ2n) is 3.94. The van der Waals surface area contributed by atoms with Gasteiger partial charge < -0.3 is 5.32 Å². The molecule has 0 aliphatic rings. The Morgan fingerprint density at radius 3 is 2.59 bits per heavy atom. The molecule has 1 aromatic rings. The van der Waals surface area contributed by atoms with Crippen molar-refractivity contribution in [2.24, 2.45) is 0 Å². The molecule has 0 heterocycles. The maximum Gasteiger partial charge on any atom is 0.416 e. The molecule has 1 unspecified atom stereocenters. The zero-order valence-electron chi connectivity index (χ0n) is 9.60. The zero-order valence-corrected chi connectivity index (χ0v) is 9.60. The van der Waals surface area contributed by atoms with E-state index in [0.29, 0.717) is 5.69 Å². The molecule has 0 fully saturated rings. The van der Waals surface area contributed by atoms with E-state index >= 15 is 0 Å². The Morgan fingerprint density at radius 2 is 2.06 bits per heavy atom. The first kappa shape index (κ1) is 13.4. The van der Waals surface area contributed by atoms with Crippen LogP contribution >= 0.6 is 0 Å². The number of benzene rings is 1. The van der Waals surface area contributed by atoms with Crippen molar-refractivity contribution in [3.63, 3.8) is 0 Å². The third-order valence-electron chi connectivity index (χ3n) is 2.35. The third-order valence-corrected chi connectivity index (χ3v) is 2.35.